The second kappa shape index (κ2) is 11.1. The molecule has 0 saturated carbocycles. The molecule has 2 atom stereocenters. The Kier molecular flexibility index (Phi) is 8.22. The van der Waals surface area contributed by atoms with Crippen molar-refractivity contribution in [3.05, 3.63) is 63.2 Å². The molecule has 1 saturated heterocycles. The monoisotopic (exact) mass is 447 g/mol. The number of amides is 1. The van der Waals surface area contributed by atoms with E-state index in [-0.39, 0.29) is 22.7 Å². The molecule has 9 heteroatoms. The molecule has 8 nitrogen and oxygen atoms in total. The molecule has 2 unspecified atom stereocenters. The average molecular weight is 448 g/mol. The predicted molar refractivity (Wildman–Crippen MR) is 120 cm³/mol. The number of anilines is 2. The lowest BCUT2D eigenvalue weighted by atomic mass is 10.1. The molecule has 0 spiro atoms. The number of nitrogens with zero attached hydrogens (tertiary/aromatic N) is 1. The number of non-ortho nitro benzene ring substituents is 1. The molecule has 1 amide bonds. The van der Waals surface area contributed by atoms with E-state index in [9.17, 15) is 14.9 Å². The van der Waals surface area contributed by atoms with E-state index in [1.54, 1.807) is 6.92 Å². The van der Waals surface area contributed by atoms with Crippen LogP contribution >= 0.6 is 11.6 Å². The van der Waals surface area contributed by atoms with E-state index in [0.29, 0.717) is 18.9 Å². The third-order valence-corrected chi connectivity index (χ3v) is 5.28. The molecule has 2 aromatic carbocycles. The maximum absolute atomic E-state index is 12.5. The van der Waals surface area contributed by atoms with Crippen LogP contribution in [0.5, 0.6) is 0 Å². The van der Waals surface area contributed by atoms with Gasteiger partial charge < -0.3 is 20.1 Å². The number of nitro benzene ring substituents is 1. The Morgan fingerprint density at radius 2 is 2.16 bits per heavy atom. The Morgan fingerprint density at radius 3 is 2.87 bits per heavy atom. The summed E-state index contributed by atoms with van der Waals surface area (Å²) in [4.78, 5) is 22.8. The van der Waals surface area contributed by atoms with E-state index in [1.165, 1.54) is 24.6 Å². The third kappa shape index (κ3) is 6.92. The van der Waals surface area contributed by atoms with Gasteiger partial charge in [0.15, 0.2) is 0 Å². The minimum atomic E-state index is -0.557. The third-order valence-electron chi connectivity index (χ3n) is 4.97. The van der Waals surface area contributed by atoms with Gasteiger partial charge in [0.05, 0.1) is 35.0 Å². The molecule has 0 radical (unpaired) electrons. The summed E-state index contributed by atoms with van der Waals surface area (Å²) >= 11 is 6.05. The van der Waals surface area contributed by atoms with Crippen LogP contribution in [0, 0.1) is 10.1 Å². The van der Waals surface area contributed by atoms with E-state index in [4.69, 9.17) is 21.1 Å². The van der Waals surface area contributed by atoms with Crippen molar-refractivity contribution in [2.45, 2.75) is 44.9 Å². The van der Waals surface area contributed by atoms with E-state index in [1.807, 2.05) is 24.3 Å². The van der Waals surface area contributed by atoms with Crippen LogP contribution in [0.15, 0.2) is 42.5 Å². The fourth-order valence-electron chi connectivity index (χ4n) is 3.27. The first-order valence-corrected chi connectivity index (χ1v) is 10.6. The number of nitrogens with one attached hydrogen (secondary N) is 2. The zero-order chi connectivity index (χ0) is 22.2. The molecular weight excluding hydrogens is 422 g/mol. The molecule has 31 heavy (non-hydrogen) atoms. The van der Waals surface area contributed by atoms with Gasteiger partial charge in [0.2, 0.25) is 5.91 Å². The summed E-state index contributed by atoms with van der Waals surface area (Å²) in [5.74, 6) is -0.313. The molecule has 1 heterocycles. The largest absolute Gasteiger partial charge is 0.376 e. The molecule has 1 fully saturated rings. The van der Waals surface area contributed by atoms with Gasteiger partial charge in [0.25, 0.3) is 5.69 Å². The van der Waals surface area contributed by atoms with Gasteiger partial charge in [-0.3, -0.25) is 14.9 Å². The summed E-state index contributed by atoms with van der Waals surface area (Å²) < 4.78 is 11.5. The minimum Gasteiger partial charge on any atom is -0.376 e. The zero-order valence-electron chi connectivity index (χ0n) is 17.3. The van der Waals surface area contributed by atoms with Gasteiger partial charge in [0.1, 0.15) is 6.04 Å². The molecule has 2 aromatic rings. The van der Waals surface area contributed by atoms with Crippen LogP contribution in [0.2, 0.25) is 5.02 Å². The fraction of sp³-hybridized carbons (Fsp3) is 0.409. The predicted octanol–water partition coefficient (Wildman–Crippen LogP) is 4.77. The van der Waals surface area contributed by atoms with Crippen molar-refractivity contribution in [1.29, 1.82) is 0 Å². The van der Waals surface area contributed by atoms with E-state index < -0.39 is 11.0 Å². The summed E-state index contributed by atoms with van der Waals surface area (Å²) in [5.41, 5.74) is 1.96. The normalized spacial score (nSPS) is 17.0. The Morgan fingerprint density at radius 1 is 1.32 bits per heavy atom. The first kappa shape index (κ1) is 23.0. The number of rotatable bonds is 9. The Hall–Kier alpha value is -2.68. The molecule has 3 rings (SSSR count). The van der Waals surface area contributed by atoms with Crippen molar-refractivity contribution in [3.8, 4) is 0 Å². The second-order valence-corrected chi connectivity index (χ2v) is 7.89. The van der Waals surface area contributed by atoms with E-state index >= 15 is 0 Å². The standard InChI is InChI=1S/C22H26ClN3O5/c1-15(22(27)25-21-9-8-18(26(28)29)12-20(21)23)24-17-6-4-5-16(11-17)13-30-14-19-7-2-3-10-31-19/h4-6,8-9,11-12,15,19,24H,2-3,7,10,13-14H2,1H3,(H,25,27). The number of benzene rings is 2. The number of carbonyl (C=O) groups is 1. The van der Waals surface area contributed by atoms with Gasteiger partial charge in [-0.2, -0.15) is 0 Å². The van der Waals surface area contributed by atoms with Gasteiger partial charge in [0, 0.05) is 24.4 Å². The van der Waals surface area contributed by atoms with Crippen molar-refractivity contribution >= 4 is 34.6 Å². The number of nitro groups is 1. The summed E-state index contributed by atoms with van der Waals surface area (Å²) in [5, 5.41) is 16.7. The fourth-order valence-corrected chi connectivity index (χ4v) is 3.50. The summed E-state index contributed by atoms with van der Waals surface area (Å²) in [6.45, 7) is 3.57. The highest BCUT2D eigenvalue weighted by Crippen LogP contribution is 2.27. The Labute approximate surface area is 186 Å². The minimum absolute atomic E-state index is 0.107. The molecule has 166 valence electrons. The first-order chi connectivity index (χ1) is 14.9. The van der Waals surface area contributed by atoms with Crippen LogP contribution in [0.1, 0.15) is 31.7 Å². The molecule has 0 bridgehead atoms. The van der Waals surface area contributed by atoms with Crippen molar-refractivity contribution in [2.75, 3.05) is 23.8 Å². The smallest absolute Gasteiger partial charge is 0.271 e. The lowest BCUT2D eigenvalue weighted by Crippen LogP contribution is -2.32. The second-order valence-electron chi connectivity index (χ2n) is 7.48. The molecule has 0 aliphatic carbocycles. The molecular formula is C22H26ClN3O5. The van der Waals surface area contributed by atoms with Crippen LogP contribution in [0.4, 0.5) is 17.1 Å². The van der Waals surface area contributed by atoms with Crippen LogP contribution < -0.4 is 10.6 Å². The van der Waals surface area contributed by atoms with Crippen LogP contribution in [-0.4, -0.2) is 36.2 Å². The first-order valence-electron chi connectivity index (χ1n) is 10.2. The van der Waals surface area contributed by atoms with E-state index in [2.05, 4.69) is 10.6 Å². The van der Waals surface area contributed by atoms with Gasteiger partial charge in [-0.1, -0.05) is 23.7 Å². The van der Waals surface area contributed by atoms with Crippen molar-refractivity contribution < 1.29 is 19.2 Å². The number of ether oxygens (including phenoxy) is 2. The highest BCUT2D eigenvalue weighted by atomic mass is 35.5. The van der Waals surface area contributed by atoms with Crippen LogP contribution in [-0.2, 0) is 20.9 Å². The number of carbonyl (C=O) groups excluding carboxylic acids is 1. The van der Waals surface area contributed by atoms with E-state index in [0.717, 1.165) is 30.7 Å². The molecule has 1 aliphatic rings. The number of hydrogen-bond acceptors (Lipinski definition) is 6. The Bertz CT molecular complexity index is 918. The molecule has 1 aliphatic heterocycles. The quantitative estimate of drug-likeness (QED) is 0.424. The average Bonchev–Trinajstić information content (AvgIpc) is 2.76. The summed E-state index contributed by atoms with van der Waals surface area (Å²) in [6, 6.07) is 11.0. The maximum Gasteiger partial charge on any atom is 0.271 e. The van der Waals surface area contributed by atoms with Gasteiger partial charge in [-0.15, -0.1) is 0 Å². The highest BCUT2D eigenvalue weighted by molar-refractivity contribution is 6.34. The maximum atomic E-state index is 12.5. The lowest BCUT2D eigenvalue weighted by Gasteiger charge is -2.22. The zero-order valence-corrected chi connectivity index (χ0v) is 18.1. The van der Waals surface area contributed by atoms with Gasteiger partial charge in [-0.05, 0) is 49.9 Å². The summed E-state index contributed by atoms with van der Waals surface area (Å²) in [7, 11) is 0. The summed E-state index contributed by atoms with van der Waals surface area (Å²) in [6.07, 6.45) is 3.50. The Balaban J connectivity index is 1.51. The topological polar surface area (TPSA) is 103 Å². The SMILES string of the molecule is CC(Nc1cccc(COCC2CCCCO2)c1)C(=O)Nc1ccc([N+](=O)[O-])cc1Cl. The van der Waals surface area contributed by atoms with Gasteiger partial charge >= 0.3 is 0 Å². The highest BCUT2D eigenvalue weighted by Gasteiger charge is 2.17. The van der Waals surface area contributed by atoms with Crippen LogP contribution in [0.25, 0.3) is 0 Å². The van der Waals surface area contributed by atoms with Gasteiger partial charge in [-0.25, -0.2) is 0 Å². The van der Waals surface area contributed by atoms with Crippen molar-refractivity contribution in [3.63, 3.8) is 0 Å². The van der Waals surface area contributed by atoms with Crippen molar-refractivity contribution in [1.82, 2.24) is 0 Å². The number of hydrogen-bond donors (Lipinski definition) is 2. The van der Waals surface area contributed by atoms with Crippen LogP contribution in [0.3, 0.4) is 0 Å². The molecule has 0 aromatic heterocycles. The number of halogens is 1. The molecule has 2 N–H and O–H groups in total. The van der Waals surface area contributed by atoms with Crippen molar-refractivity contribution in [2.24, 2.45) is 0 Å². The lowest BCUT2D eigenvalue weighted by molar-refractivity contribution is -0.384.